The molecule has 0 saturated heterocycles. The van der Waals surface area contributed by atoms with E-state index in [9.17, 15) is 18.0 Å². The van der Waals surface area contributed by atoms with Crippen LogP contribution >= 0.6 is 23.7 Å². The van der Waals surface area contributed by atoms with Gasteiger partial charge in [0.25, 0.3) is 0 Å². The summed E-state index contributed by atoms with van der Waals surface area (Å²) in [6, 6.07) is 0. The van der Waals surface area contributed by atoms with Crippen molar-refractivity contribution in [1.29, 1.82) is 0 Å². The number of nitrogens with zero attached hydrogens (tertiary/aromatic N) is 2. The molecule has 108 valence electrons. The fourth-order valence-electron chi connectivity index (χ4n) is 1.26. The van der Waals surface area contributed by atoms with E-state index in [1.54, 1.807) is 0 Å². The zero-order valence-corrected chi connectivity index (χ0v) is 11.3. The normalized spacial score (nSPS) is 14.9. The van der Waals surface area contributed by atoms with Crippen LogP contribution in [0.3, 0.4) is 0 Å². The first kappa shape index (κ1) is 16.1. The molecule has 0 aliphatic heterocycles. The van der Waals surface area contributed by atoms with Crippen LogP contribution in [0, 0.1) is 5.92 Å². The molecule has 0 atom stereocenters. The van der Waals surface area contributed by atoms with Crippen molar-refractivity contribution in [3.05, 3.63) is 5.01 Å². The molecule has 10 heteroatoms. The van der Waals surface area contributed by atoms with E-state index in [2.05, 4.69) is 20.8 Å². The molecule has 1 heterocycles. The van der Waals surface area contributed by atoms with Crippen LogP contribution in [0.15, 0.2) is 0 Å². The Morgan fingerprint density at radius 2 is 2.05 bits per heavy atom. The van der Waals surface area contributed by atoms with Gasteiger partial charge in [-0.1, -0.05) is 11.3 Å². The summed E-state index contributed by atoms with van der Waals surface area (Å²) in [5.41, 5.74) is 0. The number of carbonyl (C=O) groups excluding carboxylic acids is 1. The lowest BCUT2D eigenvalue weighted by atomic mass is 10.4. The van der Waals surface area contributed by atoms with Crippen molar-refractivity contribution in [3.63, 3.8) is 0 Å². The molecule has 0 radical (unpaired) electrons. The monoisotopic (exact) mass is 316 g/mol. The molecule has 1 amide bonds. The van der Waals surface area contributed by atoms with E-state index in [0.29, 0.717) is 17.3 Å². The van der Waals surface area contributed by atoms with Crippen molar-refractivity contribution in [3.8, 4) is 0 Å². The average Bonchev–Trinajstić information content (AvgIpc) is 2.94. The molecule has 1 aliphatic rings. The van der Waals surface area contributed by atoms with Crippen LogP contribution in [0.25, 0.3) is 0 Å². The molecule has 5 nitrogen and oxygen atoms in total. The van der Waals surface area contributed by atoms with Crippen molar-refractivity contribution < 1.29 is 18.0 Å². The molecule has 2 rings (SSSR count). The standard InChI is InChI=1S/C9H11F3N4OS.ClH/c10-9(11,12)7-15-16-8(18-7)14-6(17)4-13-3-5-1-2-5;/h5,13H,1-4H2,(H,14,16,17);1H. The molecule has 19 heavy (non-hydrogen) atoms. The summed E-state index contributed by atoms with van der Waals surface area (Å²) in [4.78, 5) is 11.4. The second-order valence-electron chi connectivity index (χ2n) is 4.03. The third-order valence-electron chi connectivity index (χ3n) is 2.33. The van der Waals surface area contributed by atoms with E-state index >= 15 is 0 Å². The van der Waals surface area contributed by atoms with Gasteiger partial charge < -0.3 is 5.32 Å². The van der Waals surface area contributed by atoms with E-state index in [1.807, 2.05) is 0 Å². The van der Waals surface area contributed by atoms with Gasteiger partial charge in [-0.3, -0.25) is 10.1 Å². The zero-order chi connectivity index (χ0) is 13.2. The Morgan fingerprint density at radius 1 is 1.37 bits per heavy atom. The van der Waals surface area contributed by atoms with Gasteiger partial charge in [-0.05, 0) is 25.3 Å². The van der Waals surface area contributed by atoms with Crippen LogP contribution in [0.5, 0.6) is 0 Å². The molecule has 1 saturated carbocycles. The third-order valence-corrected chi connectivity index (χ3v) is 3.21. The summed E-state index contributed by atoms with van der Waals surface area (Å²) in [6.07, 6.45) is -2.19. The van der Waals surface area contributed by atoms with E-state index in [1.165, 1.54) is 12.8 Å². The van der Waals surface area contributed by atoms with Crippen LogP contribution in [0.2, 0.25) is 0 Å². The zero-order valence-electron chi connectivity index (χ0n) is 9.66. The Kier molecular flexibility index (Phi) is 5.50. The lowest BCUT2D eigenvalue weighted by Gasteiger charge is -2.02. The topological polar surface area (TPSA) is 66.9 Å². The number of halogens is 4. The van der Waals surface area contributed by atoms with Gasteiger partial charge >= 0.3 is 6.18 Å². The molecule has 1 fully saturated rings. The Balaban J connectivity index is 0.00000180. The predicted octanol–water partition coefficient (Wildman–Crippen LogP) is 1.92. The summed E-state index contributed by atoms with van der Waals surface area (Å²) in [7, 11) is 0. The maximum absolute atomic E-state index is 12.2. The first-order valence-corrected chi connectivity index (χ1v) is 6.18. The highest BCUT2D eigenvalue weighted by Gasteiger charge is 2.35. The molecule has 0 bridgehead atoms. The highest BCUT2D eigenvalue weighted by molar-refractivity contribution is 7.15. The van der Waals surface area contributed by atoms with E-state index in [-0.39, 0.29) is 24.1 Å². The molecular formula is C9H12ClF3N4OS. The Bertz CT molecular complexity index is 435. The second-order valence-corrected chi connectivity index (χ2v) is 5.01. The van der Waals surface area contributed by atoms with Crippen molar-refractivity contribution in [1.82, 2.24) is 15.5 Å². The highest BCUT2D eigenvalue weighted by Crippen LogP contribution is 2.32. The molecular weight excluding hydrogens is 305 g/mol. The van der Waals surface area contributed by atoms with Crippen molar-refractivity contribution in [2.75, 3.05) is 18.4 Å². The molecule has 0 spiro atoms. The van der Waals surface area contributed by atoms with E-state index < -0.39 is 17.1 Å². The molecule has 1 aliphatic carbocycles. The second kappa shape index (κ2) is 6.49. The number of hydrogen-bond acceptors (Lipinski definition) is 5. The van der Waals surface area contributed by atoms with Crippen LogP contribution in [-0.2, 0) is 11.0 Å². The number of aromatic nitrogens is 2. The van der Waals surface area contributed by atoms with Gasteiger partial charge in [0, 0.05) is 0 Å². The minimum absolute atomic E-state index is 0. The summed E-state index contributed by atoms with van der Waals surface area (Å²) >= 11 is 0.313. The lowest BCUT2D eigenvalue weighted by molar-refractivity contribution is -0.138. The van der Waals surface area contributed by atoms with Crippen molar-refractivity contribution in [2.45, 2.75) is 19.0 Å². The first-order valence-electron chi connectivity index (χ1n) is 5.36. The van der Waals surface area contributed by atoms with E-state index in [4.69, 9.17) is 0 Å². The fourth-order valence-corrected chi connectivity index (χ4v) is 1.89. The van der Waals surface area contributed by atoms with Crippen LogP contribution in [-0.4, -0.2) is 29.2 Å². The maximum atomic E-state index is 12.2. The quantitative estimate of drug-likeness (QED) is 0.871. The highest BCUT2D eigenvalue weighted by atomic mass is 35.5. The van der Waals surface area contributed by atoms with Crippen LogP contribution in [0.1, 0.15) is 17.8 Å². The molecule has 0 unspecified atom stereocenters. The van der Waals surface area contributed by atoms with E-state index in [0.717, 1.165) is 6.54 Å². The average molecular weight is 317 g/mol. The van der Waals surface area contributed by atoms with Gasteiger partial charge in [0.2, 0.25) is 16.0 Å². The lowest BCUT2D eigenvalue weighted by Crippen LogP contribution is -2.29. The van der Waals surface area contributed by atoms with Gasteiger partial charge in [-0.15, -0.1) is 22.6 Å². The molecule has 1 aromatic heterocycles. The first-order chi connectivity index (χ1) is 8.45. The number of amides is 1. The summed E-state index contributed by atoms with van der Waals surface area (Å²) in [5, 5.41) is 10.2. The summed E-state index contributed by atoms with van der Waals surface area (Å²) in [6.45, 7) is 0.828. The van der Waals surface area contributed by atoms with Gasteiger partial charge in [-0.25, -0.2) is 0 Å². The predicted molar refractivity (Wildman–Crippen MR) is 66.4 cm³/mol. The molecule has 1 aromatic rings. The van der Waals surface area contributed by atoms with Crippen LogP contribution in [0.4, 0.5) is 18.3 Å². The Morgan fingerprint density at radius 3 is 2.58 bits per heavy atom. The third kappa shape index (κ3) is 5.29. The minimum atomic E-state index is -4.52. The largest absolute Gasteiger partial charge is 0.445 e. The number of hydrogen-bond donors (Lipinski definition) is 2. The van der Waals surface area contributed by atoms with Crippen molar-refractivity contribution in [2.24, 2.45) is 5.92 Å². The minimum Gasteiger partial charge on any atom is -0.308 e. The van der Waals surface area contributed by atoms with Gasteiger partial charge in [-0.2, -0.15) is 13.2 Å². The van der Waals surface area contributed by atoms with Gasteiger partial charge in [0.1, 0.15) is 0 Å². The van der Waals surface area contributed by atoms with Crippen LogP contribution < -0.4 is 10.6 Å². The number of rotatable bonds is 5. The molecule has 2 N–H and O–H groups in total. The smallest absolute Gasteiger partial charge is 0.308 e. The fraction of sp³-hybridized carbons (Fsp3) is 0.667. The van der Waals surface area contributed by atoms with Crippen molar-refractivity contribution >= 4 is 34.8 Å². The number of carbonyl (C=O) groups is 1. The van der Waals surface area contributed by atoms with Gasteiger partial charge in [0.15, 0.2) is 0 Å². The number of anilines is 1. The summed E-state index contributed by atoms with van der Waals surface area (Å²) in [5.74, 6) is 0.219. The number of alkyl halides is 3. The number of nitrogens with one attached hydrogen (secondary N) is 2. The van der Waals surface area contributed by atoms with Gasteiger partial charge in [0.05, 0.1) is 6.54 Å². The maximum Gasteiger partial charge on any atom is 0.445 e. The summed E-state index contributed by atoms with van der Waals surface area (Å²) < 4.78 is 36.7. The Labute approximate surface area is 117 Å². The Hall–Kier alpha value is -0.930. The molecule has 0 aromatic carbocycles. The SMILES string of the molecule is Cl.O=C(CNCC1CC1)Nc1nnc(C(F)(F)F)s1.